The van der Waals surface area contributed by atoms with E-state index in [9.17, 15) is 9.59 Å². The van der Waals surface area contributed by atoms with Crippen molar-refractivity contribution in [2.24, 2.45) is 11.8 Å². The van der Waals surface area contributed by atoms with Crippen LogP contribution in [0.1, 0.15) is 60.9 Å². The molecular weight excluding hydrogens is 364 g/mol. The van der Waals surface area contributed by atoms with E-state index in [2.05, 4.69) is 10.00 Å². The summed E-state index contributed by atoms with van der Waals surface area (Å²) in [6, 6.07) is 4.26. The summed E-state index contributed by atoms with van der Waals surface area (Å²) in [6.07, 6.45) is 11.6. The molecule has 3 aliphatic rings. The van der Waals surface area contributed by atoms with E-state index in [0.29, 0.717) is 17.4 Å². The average Bonchev–Trinajstić information content (AvgIpc) is 2.93. The first kappa shape index (κ1) is 18.6. The number of hydrogen-bond donors (Lipinski definition) is 0. The Balaban J connectivity index is 1.23. The Bertz CT molecular complexity index is 928. The van der Waals surface area contributed by atoms with Crippen molar-refractivity contribution in [3.05, 3.63) is 35.7 Å². The predicted molar refractivity (Wildman–Crippen MR) is 111 cm³/mol. The van der Waals surface area contributed by atoms with Gasteiger partial charge in [-0.1, -0.05) is 31.7 Å². The standard InChI is InChI=1S/C23H30N4O2/c1-16-8-9-21-19(12-24-27(21)13-16)23(29)26-15-18-14-25(11-10-20(18)26)22(28)17-6-4-2-3-5-7-17/h8-9,12-13,17-18,20H,2-7,10-11,14-15H2,1H3/t18-,20-/m0/s1. The summed E-state index contributed by atoms with van der Waals surface area (Å²) in [7, 11) is 0. The highest BCUT2D eigenvalue weighted by atomic mass is 16.2. The molecular formula is C23H30N4O2. The summed E-state index contributed by atoms with van der Waals surface area (Å²) in [4.78, 5) is 30.2. The van der Waals surface area contributed by atoms with Crippen LogP contribution >= 0.6 is 0 Å². The molecule has 1 saturated carbocycles. The monoisotopic (exact) mass is 394 g/mol. The zero-order chi connectivity index (χ0) is 20.0. The summed E-state index contributed by atoms with van der Waals surface area (Å²) < 4.78 is 1.79. The van der Waals surface area contributed by atoms with Crippen molar-refractivity contribution >= 4 is 17.3 Å². The quantitative estimate of drug-likeness (QED) is 0.735. The number of hydrogen-bond acceptors (Lipinski definition) is 3. The number of fused-ring (bicyclic) bond motifs is 2. The van der Waals surface area contributed by atoms with E-state index in [1.807, 2.05) is 30.2 Å². The third-order valence-corrected chi connectivity index (χ3v) is 7.20. The molecule has 5 rings (SSSR count). The van der Waals surface area contributed by atoms with E-state index < -0.39 is 0 Å². The first-order valence-electron chi connectivity index (χ1n) is 11.2. The van der Waals surface area contributed by atoms with Crippen molar-refractivity contribution in [1.29, 1.82) is 0 Å². The van der Waals surface area contributed by atoms with Crippen molar-refractivity contribution < 1.29 is 9.59 Å². The molecule has 2 amide bonds. The van der Waals surface area contributed by atoms with Gasteiger partial charge < -0.3 is 9.80 Å². The Hall–Kier alpha value is -2.37. The number of pyridine rings is 1. The Morgan fingerprint density at radius 2 is 1.83 bits per heavy atom. The van der Waals surface area contributed by atoms with Crippen LogP contribution < -0.4 is 0 Å². The van der Waals surface area contributed by atoms with Gasteiger partial charge in [0, 0.05) is 43.7 Å². The van der Waals surface area contributed by atoms with Gasteiger partial charge in [-0.3, -0.25) is 9.59 Å². The minimum atomic E-state index is 0.0775. The van der Waals surface area contributed by atoms with Gasteiger partial charge in [0.25, 0.3) is 5.91 Å². The number of aromatic nitrogens is 2. The van der Waals surface area contributed by atoms with E-state index in [1.54, 1.807) is 10.7 Å². The zero-order valence-electron chi connectivity index (χ0n) is 17.2. The molecule has 29 heavy (non-hydrogen) atoms. The van der Waals surface area contributed by atoms with Crippen LogP contribution in [-0.2, 0) is 4.79 Å². The van der Waals surface area contributed by atoms with Crippen molar-refractivity contribution in [2.45, 2.75) is 57.9 Å². The number of aryl methyl sites for hydroxylation is 1. The lowest BCUT2D eigenvalue weighted by molar-refractivity contribution is -0.141. The van der Waals surface area contributed by atoms with Crippen molar-refractivity contribution in [3.8, 4) is 0 Å². The van der Waals surface area contributed by atoms with Gasteiger partial charge in [-0.25, -0.2) is 4.52 Å². The molecule has 6 heteroatoms. The minimum Gasteiger partial charge on any atom is -0.342 e. The molecule has 4 heterocycles. The fraction of sp³-hybridized carbons (Fsp3) is 0.609. The highest BCUT2D eigenvalue weighted by molar-refractivity contribution is 6.01. The molecule has 2 aromatic heterocycles. The van der Waals surface area contributed by atoms with E-state index in [1.165, 1.54) is 25.7 Å². The van der Waals surface area contributed by atoms with Gasteiger partial charge in [-0.15, -0.1) is 0 Å². The predicted octanol–water partition coefficient (Wildman–Crippen LogP) is 3.29. The van der Waals surface area contributed by atoms with Gasteiger partial charge in [0.2, 0.25) is 5.91 Å². The first-order chi connectivity index (χ1) is 14.1. The second-order valence-electron chi connectivity index (χ2n) is 9.14. The molecule has 2 atom stereocenters. The number of rotatable bonds is 2. The maximum absolute atomic E-state index is 13.1. The average molecular weight is 395 g/mol. The summed E-state index contributed by atoms with van der Waals surface area (Å²) in [6.45, 7) is 4.37. The van der Waals surface area contributed by atoms with Gasteiger partial charge in [0.05, 0.1) is 17.3 Å². The molecule has 0 bridgehead atoms. The van der Waals surface area contributed by atoms with E-state index >= 15 is 0 Å². The maximum Gasteiger partial charge on any atom is 0.257 e. The molecule has 1 aliphatic carbocycles. The normalized spacial score (nSPS) is 25.4. The third-order valence-electron chi connectivity index (χ3n) is 7.20. The van der Waals surface area contributed by atoms with Crippen LogP contribution in [0.2, 0.25) is 0 Å². The van der Waals surface area contributed by atoms with Crippen LogP contribution in [0.5, 0.6) is 0 Å². The summed E-state index contributed by atoms with van der Waals surface area (Å²) >= 11 is 0. The van der Waals surface area contributed by atoms with Crippen LogP contribution in [0.4, 0.5) is 0 Å². The lowest BCUT2D eigenvalue weighted by Gasteiger charge is -2.53. The Labute approximate surface area is 171 Å². The minimum absolute atomic E-state index is 0.0775. The summed E-state index contributed by atoms with van der Waals surface area (Å²) in [5, 5.41) is 4.36. The number of nitrogens with zero attached hydrogens (tertiary/aromatic N) is 4. The van der Waals surface area contributed by atoms with Crippen LogP contribution in [-0.4, -0.2) is 56.9 Å². The molecule has 0 N–H and O–H groups in total. The second-order valence-corrected chi connectivity index (χ2v) is 9.14. The second kappa shape index (κ2) is 7.47. The van der Waals surface area contributed by atoms with Crippen molar-refractivity contribution in [3.63, 3.8) is 0 Å². The Morgan fingerprint density at radius 1 is 1.03 bits per heavy atom. The van der Waals surface area contributed by atoms with Gasteiger partial charge >= 0.3 is 0 Å². The fourth-order valence-electron chi connectivity index (χ4n) is 5.48. The summed E-state index contributed by atoms with van der Waals surface area (Å²) in [5.74, 6) is 1.10. The Kier molecular flexibility index (Phi) is 4.80. The molecule has 3 fully saturated rings. The molecule has 0 radical (unpaired) electrons. The van der Waals surface area contributed by atoms with Gasteiger partial charge in [-0.05, 0) is 37.8 Å². The van der Waals surface area contributed by atoms with Crippen LogP contribution in [0.15, 0.2) is 24.5 Å². The molecule has 2 saturated heterocycles. The van der Waals surface area contributed by atoms with E-state index in [4.69, 9.17) is 0 Å². The van der Waals surface area contributed by atoms with Crippen molar-refractivity contribution in [1.82, 2.24) is 19.4 Å². The molecule has 0 aromatic carbocycles. The van der Waals surface area contributed by atoms with Crippen LogP contribution in [0.25, 0.3) is 5.52 Å². The molecule has 2 aliphatic heterocycles. The SMILES string of the molecule is Cc1ccc2c(C(=O)N3C[C@@H]4CN(C(=O)C5CCCCCC5)CC[C@@H]43)cnn2c1. The number of amides is 2. The highest BCUT2D eigenvalue weighted by Gasteiger charge is 2.46. The zero-order valence-corrected chi connectivity index (χ0v) is 17.2. The third kappa shape index (κ3) is 3.32. The number of likely N-dealkylation sites (tertiary alicyclic amines) is 2. The first-order valence-corrected chi connectivity index (χ1v) is 11.2. The largest absolute Gasteiger partial charge is 0.342 e. The Morgan fingerprint density at radius 3 is 2.59 bits per heavy atom. The van der Waals surface area contributed by atoms with E-state index in [0.717, 1.165) is 50.0 Å². The number of carbonyl (C=O) groups is 2. The van der Waals surface area contributed by atoms with Gasteiger partial charge in [0.1, 0.15) is 0 Å². The molecule has 2 aromatic rings. The van der Waals surface area contributed by atoms with Crippen LogP contribution in [0, 0.1) is 18.8 Å². The number of carbonyl (C=O) groups excluding carboxylic acids is 2. The summed E-state index contributed by atoms with van der Waals surface area (Å²) in [5.41, 5.74) is 2.67. The molecule has 0 spiro atoms. The topological polar surface area (TPSA) is 57.9 Å². The fourth-order valence-corrected chi connectivity index (χ4v) is 5.48. The molecule has 154 valence electrons. The molecule has 6 nitrogen and oxygen atoms in total. The van der Waals surface area contributed by atoms with Crippen LogP contribution in [0.3, 0.4) is 0 Å². The van der Waals surface area contributed by atoms with Gasteiger partial charge in [0.15, 0.2) is 0 Å². The maximum atomic E-state index is 13.1. The smallest absolute Gasteiger partial charge is 0.257 e. The van der Waals surface area contributed by atoms with Gasteiger partial charge in [-0.2, -0.15) is 5.10 Å². The lowest BCUT2D eigenvalue weighted by atomic mass is 9.81. The highest BCUT2D eigenvalue weighted by Crippen LogP contribution is 2.35. The lowest BCUT2D eigenvalue weighted by Crippen LogP contribution is -2.65. The van der Waals surface area contributed by atoms with E-state index in [-0.39, 0.29) is 17.9 Å². The van der Waals surface area contributed by atoms with Crippen molar-refractivity contribution in [2.75, 3.05) is 19.6 Å². The number of piperidine rings is 1. The molecule has 0 unspecified atom stereocenters.